The average molecular weight is 298 g/mol. The molecule has 92 valence electrons. The molecule has 0 amide bonds. The molecular weight excluding hydrogens is 282 g/mol. The zero-order valence-electron chi connectivity index (χ0n) is 9.94. The minimum absolute atomic E-state index is 0.257. The molecule has 2 heterocycles. The van der Waals surface area contributed by atoms with Gasteiger partial charge < -0.3 is 5.32 Å². The number of nitrogens with zero attached hydrogens (tertiary/aromatic N) is 3. The SMILES string of the molecule is CCn1nccc1C(C)NCc1[nH]ncc1Br. The summed E-state index contributed by atoms with van der Waals surface area (Å²) in [6.07, 6.45) is 3.60. The van der Waals surface area contributed by atoms with Gasteiger partial charge in [0.15, 0.2) is 0 Å². The quantitative estimate of drug-likeness (QED) is 0.890. The summed E-state index contributed by atoms with van der Waals surface area (Å²) in [5.74, 6) is 0. The van der Waals surface area contributed by atoms with E-state index in [-0.39, 0.29) is 6.04 Å². The van der Waals surface area contributed by atoms with Crippen molar-refractivity contribution >= 4 is 15.9 Å². The van der Waals surface area contributed by atoms with Gasteiger partial charge in [0, 0.05) is 25.3 Å². The van der Waals surface area contributed by atoms with E-state index in [9.17, 15) is 0 Å². The summed E-state index contributed by atoms with van der Waals surface area (Å²) in [5, 5.41) is 14.6. The highest BCUT2D eigenvalue weighted by Gasteiger charge is 2.11. The Morgan fingerprint density at radius 1 is 1.59 bits per heavy atom. The number of nitrogens with one attached hydrogen (secondary N) is 2. The van der Waals surface area contributed by atoms with E-state index in [1.54, 1.807) is 6.20 Å². The van der Waals surface area contributed by atoms with Gasteiger partial charge in [0.05, 0.1) is 22.1 Å². The van der Waals surface area contributed by atoms with Crippen LogP contribution in [0.15, 0.2) is 22.9 Å². The largest absolute Gasteiger partial charge is 0.303 e. The first-order chi connectivity index (χ1) is 8.22. The van der Waals surface area contributed by atoms with E-state index >= 15 is 0 Å². The van der Waals surface area contributed by atoms with E-state index < -0.39 is 0 Å². The lowest BCUT2D eigenvalue weighted by molar-refractivity contribution is 0.505. The average Bonchev–Trinajstić information content (AvgIpc) is 2.94. The van der Waals surface area contributed by atoms with Crippen LogP contribution in [-0.4, -0.2) is 20.0 Å². The molecular formula is C11H16BrN5. The fourth-order valence-corrected chi connectivity index (χ4v) is 2.09. The Kier molecular flexibility index (Phi) is 3.96. The third-order valence-electron chi connectivity index (χ3n) is 2.74. The Bertz CT molecular complexity index is 476. The molecule has 2 aromatic rings. The van der Waals surface area contributed by atoms with Crippen molar-refractivity contribution in [2.24, 2.45) is 0 Å². The minimum Gasteiger partial charge on any atom is -0.303 e. The summed E-state index contributed by atoms with van der Waals surface area (Å²) in [6.45, 7) is 5.86. The van der Waals surface area contributed by atoms with Gasteiger partial charge in [-0.3, -0.25) is 9.78 Å². The van der Waals surface area contributed by atoms with Crippen molar-refractivity contribution < 1.29 is 0 Å². The van der Waals surface area contributed by atoms with Crippen LogP contribution in [0.1, 0.15) is 31.3 Å². The Balaban J connectivity index is 1.98. The van der Waals surface area contributed by atoms with Crippen LogP contribution in [0.3, 0.4) is 0 Å². The van der Waals surface area contributed by atoms with Crippen LogP contribution in [-0.2, 0) is 13.1 Å². The number of H-pyrrole nitrogens is 1. The van der Waals surface area contributed by atoms with E-state index in [2.05, 4.69) is 50.4 Å². The second-order valence-corrected chi connectivity index (χ2v) is 4.73. The third-order valence-corrected chi connectivity index (χ3v) is 3.43. The Morgan fingerprint density at radius 3 is 3.06 bits per heavy atom. The van der Waals surface area contributed by atoms with E-state index in [0.29, 0.717) is 0 Å². The summed E-state index contributed by atoms with van der Waals surface area (Å²) in [5.41, 5.74) is 2.25. The first-order valence-corrected chi connectivity index (χ1v) is 6.44. The maximum atomic E-state index is 4.27. The summed E-state index contributed by atoms with van der Waals surface area (Å²) in [4.78, 5) is 0. The summed E-state index contributed by atoms with van der Waals surface area (Å²) < 4.78 is 3.00. The summed E-state index contributed by atoms with van der Waals surface area (Å²) >= 11 is 3.44. The van der Waals surface area contributed by atoms with Gasteiger partial charge in [0.2, 0.25) is 0 Å². The molecule has 2 N–H and O–H groups in total. The Hall–Kier alpha value is -1.14. The van der Waals surface area contributed by atoms with Crippen LogP contribution >= 0.6 is 15.9 Å². The molecule has 0 aromatic carbocycles. The van der Waals surface area contributed by atoms with Gasteiger partial charge in [-0.05, 0) is 35.8 Å². The predicted molar refractivity (Wildman–Crippen MR) is 69.4 cm³/mol. The molecule has 1 unspecified atom stereocenters. The fraction of sp³-hybridized carbons (Fsp3) is 0.455. The molecule has 0 bridgehead atoms. The first kappa shape index (κ1) is 12.3. The van der Waals surface area contributed by atoms with Crippen molar-refractivity contribution in [3.8, 4) is 0 Å². The molecule has 0 fully saturated rings. The van der Waals surface area contributed by atoms with Crippen molar-refractivity contribution in [1.82, 2.24) is 25.3 Å². The van der Waals surface area contributed by atoms with Crippen molar-refractivity contribution in [3.05, 3.63) is 34.3 Å². The highest BCUT2D eigenvalue weighted by Crippen LogP contribution is 2.15. The van der Waals surface area contributed by atoms with E-state index in [1.165, 1.54) is 5.69 Å². The highest BCUT2D eigenvalue weighted by atomic mass is 79.9. The molecule has 5 nitrogen and oxygen atoms in total. The Labute approximate surface area is 109 Å². The van der Waals surface area contributed by atoms with E-state index in [1.807, 2.05) is 16.9 Å². The molecule has 0 radical (unpaired) electrons. The zero-order chi connectivity index (χ0) is 12.3. The van der Waals surface area contributed by atoms with Gasteiger partial charge in [-0.25, -0.2) is 0 Å². The molecule has 1 atom stereocenters. The van der Waals surface area contributed by atoms with Gasteiger partial charge in [-0.2, -0.15) is 10.2 Å². The van der Waals surface area contributed by atoms with Crippen molar-refractivity contribution in [2.75, 3.05) is 0 Å². The van der Waals surface area contributed by atoms with Crippen molar-refractivity contribution in [2.45, 2.75) is 33.0 Å². The number of hydrogen-bond acceptors (Lipinski definition) is 3. The van der Waals surface area contributed by atoms with Gasteiger partial charge in [-0.1, -0.05) is 0 Å². The lowest BCUT2D eigenvalue weighted by Crippen LogP contribution is -2.21. The van der Waals surface area contributed by atoms with Gasteiger partial charge in [-0.15, -0.1) is 0 Å². The number of halogens is 1. The maximum absolute atomic E-state index is 4.27. The van der Waals surface area contributed by atoms with Gasteiger partial charge in [0.1, 0.15) is 0 Å². The molecule has 0 aliphatic rings. The molecule has 0 aliphatic carbocycles. The first-order valence-electron chi connectivity index (χ1n) is 5.65. The molecule has 0 saturated heterocycles. The molecule has 0 aliphatic heterocycles. The van der Waals surface area contributed by atoms with E-state index in [0.717, 1.165) is 23.3 Å². The van der Waals surface area contributed by atoms with Gasteiger partial charge in [0.25, 0.3) is 0 Å². The molecule has 0 saturated carbocycles. The second kappa shape index (κ2) is 5.46. The van der Waals surface area contributed by atoms with Crippen LogP contribution in [0.25, 0.3) is 0 Å². The third kappa shape index (κ3) is 2.76. The predicted octanol–water partition coefficient (Wildman–Crippen LogP) is 2.24. The monoisotopic (exact) mass is 297 g/mol. The Morgan fingerprint density at radius 2 is 2.41 bits per heavy atom. The van der Waals surface area contributed by atoms with Crippen molar-refractivity contribution in [3.63, 3.8) is 0 Å². The maximum Gasteiger partial charge on any atom is 0.0633 e. The molecule has 6 heteroatoms. The summed E-state index contributed by atoms with van der Waals surface area (Å²) in [6, 6.07) is 2.30. The number of hydrogen-bond donors (Lipinski definition) is 2. The molecule has 0 spiro atoms. The van der Waals surface area contributed by atoms with Crippen LogP contribution in [0.5, 0.6) is 0 Å². The second-order valence-electron chi connectivity index (χ2n) is 3.87. The molecule has 17 heavy (non-hydrogen) atoms. The number of aryl methyl sites for hydroxylation is 1. The summed E-state index contributed by atoms with van der Waals surface area (Å²) in [7, 11) is 0. The van der Waals surface area contributed by atoms with Crippen LogP contribution < -0.4 is 5.32 Å². The normalized spacial score (nSPS) is 12.9. The van der Waals surface area contributed by atoms with Crippen molar-refractivity contribution in [1.29, 1.82) is 0 Å². The van der Waals surface area contributed by atoms with Crippen LogP contribution in [0, 0.1) is 0 Å². The fourth-order valence-electron chi connectivity index (χ4n) is 1.76. The van der Waals surface area contributed by atoms with Gasteiger partial charge >= 0.3 is 0 Å². The minimum atomic E-state index is 0.257. The number of rotatable bonds is 5. The smallest absolute Gasteiger partial charge is 0.0633 e. The standard InChI is InChI=1S/C11H16BrN5/c1-3-17-11(4-5-15-17)8(2)13-7-10-9(12)6-14-16-10/h4-6,8,13H,3,7H2,1-2H3,(H,14,16). The number of aromatic amines is 1. The lowest BCUT2D eigenvalue weighted by Gasteiger charge is -2.14. The van der Waals surface area contributed by atoms with E-state index in [4.69, 9.17) is 0 Å². The number of aromatic nitrogens is 4. The molecule has 2 aromatic heterocycles. The zero-order valence-corrected chi connectivity index (χ0v) is 11.5. The lowest BCUT2D eigenvalue weighted by atomic mass is 10.2. The highest BCUT2D eigenvalue weighted by molar-refractivity contribution is 9.10. The van der Waals surface area contributed by atoms with Crippen LogP contribution in [0.4, 0.5) is 0 Å². The molecule has 2 rings (SSSR count). The topological polar surface area (TPSA) is 58.5 Å². The van der Waals surface area contributed by atoms with Crippen LogP contribution in [0.2, 0.25) is 0 Å².